The van der Waals surface area contributed by atoms with Crippen molar-refractivity contribution in [2.45, 2.75) is 52.1 Å². The van der Waals surface area contributed by atoms with Crippen LogP contribution in [0.4, 0.5) is 10.1 Å². The van der Waals surface area contributed by atoms with Gasteiger partial charge in [0.25, 0.3) is 0 Å². The molecular formula is C26H36FN3O5S. The van der Waals surface area contributed by atoms with E-state index in [9.17, 15) is 22.4 Å². The van der Waals surface area contributed by atoms with Crippen molar-refractivity contribution in [2.24, 2.45) is 0 Å². The number of sulfonamides is 1. The topological polar surface area (TPSA) is 96.0 Å². The number of para-hydroxylation sites is 2. The summed E-state index contributed by atoms with van der Waals surface area (Å²) in [6.07, 6.45) is 3.11. The lowest BCUT2D eigenvalue weighted by Crippen LogP contribution is -2.48. The van der Waals surface area contributed by atoms with E-state index in [4.69, 9.17) is 4.74 Å². The second-order valence-electron chi connectivity index (χ2n) is 8.58. The van der Waals surface area contributed by atoms with Gasteiger partial charge >= 0.3 is 0 Å². The Kier molecular flexibility index (Phi) is 11.2. The molecule has 198 valence electrons. The van der Waals surface area contributed by atoms with Crippen LogP contribution in [-0.4, -0.2) is 57.6 Å². The van der Waals surface area contributed by atoms with Gasteiger partial charge in [-0.25, -0.2) is 12.8 Å². The number of unbranched alkanes of at least 4 members (excludes halogenated alkanes) is 1. The van der Waals surface area contributed by atoms with Gasteiger partial charge in [-0.15, -0.1) is 0 Å². The van der Waals surface area contributed by atoms with Crippen LogP contribution in [0.2, 0.25) is 0 Å². The number of hydrogen-bond donors (Lipinski definition) is 1. The molecule has 0 unspecified atom stereocenters. The predicted octanol–water partition coefficient (Wildman–Crippen LogP) is 3.71. The number of rotatable bonds is 14. The number of anilines is 1. The molecule has 10 heteroatoms. The number of nitrogens with one attached hydrogen (secondary N) is 1. The number of carbonyl (C=O) groups is 2. The van der Waals surface area contributed by atoms with Gasteiger partial charge in [-0.05, 0) is 49.6 Å². The van der Waals surface area contributed by atoms with Gasteiger partial charge in [-0.2, -0.15) is 0 Å². The van der Waals surface area contributed by atoms with Crippen LogP contribution in [0.15, 0.2) is 48.5 Å². The first-order valence-corrected chi connectivity index (χ1v) is 13.9. The zero-order valence-electron chi connectivity index (χ0n) is 21.4. The predicted molar refractivity (Wildman–Crippen MR) is 139 cm³/mol. The van der Waals surface area contributed by atoms with Crippen molar-refractivity contribution in [1.82, 2.24) is 10.2 Å². The molecule has 2 aromatic rings. The number of carbonyl (C=O) groups excluding carboxylic acids is 2. The highest BCUT2D eigenvalue weighted by Gasteiger charge is 2.27. The minimum absolute atomic E-state index is 0.0228. The molecule has 0 aromatic heterocycles. The van der Waals surface area contributed by atoms with Crippen molar-refractivity contribution in [3.63, 3.8) is 0 Å². The summed E-state index contributed by atoms with van der Waals surface area (Å²) in [6, 6.07) is 11.8. The summed E-state index contributed by atoms with van der Waals surface area (Å²) in [6.45, 7) is 4.38. The first-order chi connectivity index (χ1) is 17.1. The van der Waals surface area contributed by atoms with Crippen molar-refractivity contribution in [3.8, 4) is 5.75 Å². The summed E-state index contributed by atoms with van der Waals surface area (Å²) in [4.78, 5) is 27.4. The average molecular weight is 522 g/mol. The van der Waals surface area contributed by atoms with Gasteiger partial charge in [0.05, 0.1) is 19.1 Å². The van der Waals surface area contributed by atoms with Crippen LogP contribution in [0, 0.1) is 5.82 Å². The molecule has 2 rings (SSSR count). The molecule has 0 aliphatic carbocycles. The van der Waals surface area contributed by atoms with Crippen molar-refractivity contribution >= 4 is 27.5 Å². The van der Waals surface area contributed by atoms with E-state index in [0.717, 1.165) is 19.1 Å². The third kappa shape index (κ3) is 8.51. The Labute approximate surface area is 213 Å². The van der Waals surface area contributed by atoms with E-state index in [1.165, 1.54) is 28.4 Å². The molecule has 2 aromatic carbocycles. The Morgan fingerprint density at radius 1 is 1.08 bits per heavy atom. The van der Waals surface area contributed by atoms with Gasteiger partial charge in [0.2, 0.25) is 21.8 Å². The van der Waals surface area contributed by atoms with Crippen LogP contribution in [0.25, 0.3) is 0 Å². The zero-order valence-corrected chi connectivity index (χ0v) is 22.2. The number of benzene rings is 2. The molecule has 0 radical (unpaired) electrons. The Morgan fingerprint density at radius 3 is 2.36 bits per heavy atom. The quantitative estimate of drug-likeness (QED) is 0.383. The van der Waals surface area contributed by atoms with Crippen LogP contribution >= 0.6 is 0 Å². The summed E-state index contributed by atoms with van der Waals surface area (Å²) >= 11 is 0. The molecule has 8 nitrogen and oxygen atoms in total. The average Bonchev–Trinajstić information content (AvgIpc) is 2.85. The lowest BCUT2D eigenvalue weighted by molar-refractivity contribution is -0.140. The van der Waals surface area contributed by atoms with Crippen LogP contribution in [0.5, 0.6) is 5.75 Å². The monoisotopic (exact) mass is 521 g/mol. The fourth-order valence-electron chi connectivity index (χ4n) is 3.72. The van der Waals surface area contributed by atoms with E-state index < -0.39 is 16.1 Å². The second-order valence-corrected chi connectivity index (χ2v) is 10.5. The van der Waals surface area contributed by atoms with Crippen LogP contribution < -0.4 is 14.4 Å². The molecule has 0 spiro atoms. The molecule has 0 saturated carbocycles. The van der Waals surface area contributed by atoms with Gasteiger partial charge in [0.1, 0.15) is 17.6 Å². The molecule has 1 N–H and O–H groups in total. The smallest absolute Gasteiger partial charge is 0.242 e. The molecule has 0 fully saturated rings. The number of nitrogens with zero attached hydrogens (tertiary/aromatic N) is 2. The SMILES string of the molecule is CCCCNC(=O)[C@H](C)N(Cc1ccc(F)cc1)C(=O)CCCN(c1ccccc1OC)S(C)(=O)=O. The fourth-order valence-corrected chi connectivity index (χ4v) is 4.69. The van der Waals surface area contributed by atoms with Gasteiger partial charge in [0, 0.05) is 26.1 Å². The van der Waals surface area contributed by atoms with Crippen LogP contribution in [0.1, 0.15) is 45.1 Å². The van der Waals surface area contributed by atoms with Crippen molar-refractivity contribution in [2.75, 3.05) is 30.8 Å². The Hall–Kier alpha value is -3.14. The van der Waals surface area contributed by atoms with Gasteiger partial charge in [-0.3, -0.25) is 13.9 Å². The van der Waals surface area contributed by atoms with E-state index in [1.807, 2.05) is 6.92 Å². The largest absolute Gasteiger partial charge is 0.495 e. The summed E-state index contributed by atoms with van der Waals surface area (Å²) in [5, 5.41) is 2.85. The van der Waals surface area contributed by atoms with Crippen molar-refractivity contribution < 1.29 is 27.1 Å². The lowest BCUT2D eigenvalue weighted by atomic mass is 10.1. The summed E-state index contributed by atoms with van der Waals surface area (Å²) in [7, 11) is -2.17. The Bertz CT molecular complexity index is 1110. The Morgan fingerprint density at radius 2 is 1.75 bits per heavy atom. The van der Waals surface area contributed by atoms with Crippen LogP contribution in [0.3, 0.4) is 0 Å². The number of ether oxygens (including phenoxy) is 1. The summed E-state index contributed by atoms with van der Waals surface area (Å²) in [5.41, 5.74) is 1.08. The number of amides is 2. The van der Waals surface area contributed by atoms with Gasteiger partial charge in [0.15, 0.2) is 0 Å². The highest BCUT2D eigenvalue weighted by atomic mass is 32.2. The van der Waals surface area contributed by atoms with Crippen molar-refractivity contribution in [1.29, 1.82) is 0 Å². The molecule has 1 atom stereocenters. The third-order valence-corrected chi connectivity index (χ3v) is 6.95. The zero-order chi connectivity index (χ0) is 26.7. The highest BCUT2D eigenvalue weighted by Crippen LogP contribution is 2.29. The molecule has 0 bridgehead atoms. The van der Waals surface area contributed by atoms with E-state index in [2.05, 4.69) is 5.32 Å². The summed E-state index contributed by atoms with van der Waals surface area (Å²) in [5.74, 6) is -0.555. The van der Waals surface area contributed by atoms with E-state index in [1.54, 1.807) is 43.3 Å². The number of hydrogen-bond acceptors (Lipinski definition) is 5. The highest BCUT2D eigenvalue weighted by molar-refractivity contribution is 7.92. The maximum Gasteiger partial charge on any atom is 0.242 e. The molecule has 0 aliphatic heterocycles. The van der Waals surface area contributed by atoms with E-state index in [0.29, 0.717) is 23.5 Å². The fraction of sp³-hybridized carbons (Fsp3) is 0.462. The first-order valence-electron chi connectivity index (χ1n) is 12.0. The third-order valence-electron chi connectivity index (χ3n) is 5.77. The minimum Gasteiger partial charge on any atom is -0.495 e. The van der Waals surface area contributed by atoms with Crippen molar-refractivity contribution in [3.05, 3.63) is 59.9 Å². The molecule has 0 heterocycles. The van der Waals surface area contributed by atoms with Gasteiger partial charge < -0.3 is 15.0 Å². The minimum atomic E-state index is -3.64. The standard InChI is InChI=1S/C26H36FN3O5S/c1-5-6-17-28-26(32)20(2)29(19-21-13-15-22(27)16-14-21)25(31)12-9-18-30(36(4,33)34)23-10-7-8-11-24(23)35-3/h7-8,10-11,13-16,20H,5-6,9,12,17-19H2,1-4H3,(H,28,32)/t20-/m0/s1. The molecule has 2 amide bonds. The lowest BCUT2D eigenvalue weighted by Gasteiger charge is -2.29. The van der Waals surface area contributed by atoms with E-state index >= 15 is 0 Å². The van der Waals surface area contributed by atoms with E-state index in [-0.39, 0.29) is 43.6 Å². The van der Waals surface area contributed by atoms with Gasteiger partial charge in [-0.1, -0.05) is 37.6 Å². The number of methoxy groups -OCH3 is 1. The second kappa shape index (κ2) is 13.8. The normalized spacial score (nSPS) is 12.0. The molecule has 36 heavy (non-hydrogen) atoms. The molecular weight excluding hydrogens is 485 g/mol. The Balaban J connectivity index is 2.16. The maximum atomic E-state index is 13.4. The first kappa shape index (κ1) is 29.1. The summed E-state index contributed by atoms with van der Waals surface area (Å²) < 4.78 is 44.9. The van der Waals surface area contributed by atoms with Crippen LogP contribution in [-0.2, 0) is 26.2 Å². The maximum absolute atomic E-state index is 13.4. The molecule has 0 saturated heterocycles. The molecule has 0 aliphatic rings. The number of halogens is 1.